The second-order valence-corrected chi connectivity index (χ2v) is 5.27. The van der Waals surface area contributed by atoms with Gasteiger partial charge in [0.1, 0.15) is 0 Å². The van der Waals surface area contributed by atoms with Gasteiger partial charge in [0.25, 0.3) is 0 Å². The maximum absolute atomic E-state index is 3.40. The summed E-state index contributed by atoms with van der Waals surface area (Å²) in [4.78, 5) is 2.49. The minimum atomic E-state index is 1.10. The third kappa shape index (κ3) is 1.70. The zero-order valence-electron chi connectivity index (χ0n) is 9.49. The number of piperazine rings is 1. The average Bonchev–Trinajstić information content (AvgIpc) is 2.73. The number of hydrogen-bond acceptors (Lipinski definition) is 3. The lowest BCUT2D eigenvalue weighted by Gasteiger charge is -2.28. The molecule has 1 N–H and O–H groups in total. The molecule has 0 saturated carbocycles. The number of fused-ring (bicyclic) bond motifs is 1. The first-order valence-corrected chi connectivity index (χ1v) is 6.66. The van der Waals surface area contributed by atoms with Crippen LogP contribution in [0.1, 0.15) is 5.56 Å². The smallest absolute Gasteiger partial charge is 0.0555 e. The SMILES string of the molecule is Cc1ccc2c(N3CCNCC3)csc2c1. The second-order valence-electron chi connectivity index (χ2n) is 4.36. The van der Waals surface area contributed by atoms with Gasteiger partial charge in [-0.25, -0.2) is 0 Å². The summed E-state index contributed by atoms with van der Waals surface area (Å²) in [6.07, 6.45) is 0. The summed E-state index contributed by atoms with van der Waals surface area (Å²) >= 11 is 1.86. The summed E-state index contributed by atoms with van der Waals surface area (Å²) in [6, 6.07) is 6.75. The maximum Gasteiger partial charge on any atom is 0.0555 e. The molecule has 2 nitrogen and oxygen atoms in total. The van der Waals surface area contributed by atoms with Crippen LogP contribution in [-0.2, 0) is 0 Å². The lowest BCUT2D eigenvalue weighted by atomic mass is 10.1. The highest BCUT2D eigenvalue weighted by molar-refractivity contribution is 7.17. The first kappa shape index (κ1) is 10.1. The van der Waals surface area contributed by atoms with Crippen LogP contribution in [0.15, 0.2) is 23.6 Å². The summed E-state index contributed by atoms with van der Waals surface area (Å²) in [6.45, 7) is 6.61. The topological polar surface area (TPSA) is 15.3 Å². The number of benzene rings is 1. The van der Waals surface area contributed by atoms with Gasteiger partial charge in [0.05, 0.1) is 5.69 Å². The monoisotopic (exact) mass is 232 g/mol. The molecule has 1 saturated heterocycles. The van der Waals surface area contributed by atoms with Gasteiger partial charge in [-0.2, -0.15) is 0 Å². The van der Waals surface area contributed by atoms with Crippen LogP contribution in [0.4, 0.5) is 5.69 Å². The van der Waals surface area contributed by atoms with Crippen molar-refractivity contribution >= 4 is 27.1 Å². The number of anilines is 1. The fourth-order valence-electron chi connectivity index (χ4n) is 2.27. The molecule has 0 amide bonds. The van der Waals surface area contributed by atoms with E-state index >= 15 is 0 Å². The fourth-order valence-corrected chi connectivity index (χ4v) is 3.34. The highest BCUT2D eigenvalue weighted by Crippen LogP contribution is 2.33. The lowest BCUT2D eigenvalue weighted by molar-refractivity contribution is 0.591. The Bertz CT molecular complexity index is 498. The predicted molar refractivity (Wildman–Crippen MR) is 71.6 cm³/mol. The molecule has 0 atom stereocenters. The molecule has 84 valence electrons. The van der Waals surface area contributed by atoms with Crippen molar-refractivity contribution in [3.05, 3.63) is 29.1 Å². The van der Waals surface area contributed by atoms with Gasteiger partial charge in [-0.3, -0.25) is 0 Å². The summed E-state index contributed by atoms with van der Waals surface area (Å²) in [5.41, 5.74) is 2.77. The molecule has 16 heavy (non-hydrogen) atoms. The van der Waals surface area contributed by atoms with Crippen molar-refractivity contribution in [2.75, 3.05) is 31.1 Å². The number of nitrogens with zero attached hydrogens (tertiary/aromatic N) is 1. The molecule has 1 aromatic carbocycles. The molecule has 1 aliphatic rings. The van der Waals surface area contributed by atoms with Crippen molar-refractivity contribution in [1.29, 1.82) is 0 Å². The maximum atomic E-state index is 3.40. The molecule has 0 spiro atoms. The highest BCUT2D eigenvalue weighted by atomic mass is 32.1. The molecule has 1 aromatic heterocycles. The van der Waals surface area contributed by atoms with Crippen LogP contribution in [-0.4, -0.2) is 26.2 Å². The van der Waals surface area contributed by atoms with E-state index in [0.29, 0.717) is 0 Å². The molecule has 0 radical (unpaired) electrons. The van der Waals surface area contributed by atoms with Gasteiger partial charge in [0.15, 0.2) is 0 Å². The standard InChI is InChI=1S/C13H16N2S/c1-10-2-3-11-12(9-16-13(11)8-10)15-6-4-14-5-7-15/h2-3,8-9,14H,4-7H2,1H3. The number of nitrogens with one attached hydrogen (secondary N) is 1. The summed E-state index contributed by atoms with van der Waals surface area (Å²) in [7, 11) is 0. The highest BCUT2D eigenvalue weighted by Gasteiger charge is 2.14. The van der Waals surface area contributed by atoms with E-state index < -0.39 is 0 Å². The van der Waals surface area contributed by atoms with E-state index in [1.165, 1.54) is 21.3 Å². The lowest BCUT2D eigenvalue weighted by Crippen LogP contribution is -2.43. The van der Waals surface area contributed by atoms with Crippen LogP contribution >= 0.6 is 11.3 Å². The van der Waals surface area contributed by atoms with Crippen molar-refractivity contribution in [3.63, 3.8) is 0 Å². The van der Waals surface area contributed by atoms with Crippen LogP contribution in [0.3, 0.4) is 0 Å². The fraction of sp³-hybridized carbons (Fsp3) is 0.385. The van der Waals surface area contributed by atoms with Gasteiger partial charge in [-0.15, -0.1) is 11.3 Å². The normalized spacial score (nSPS) is 16.9. The third-order valence-corrected chi connectivity index (χ3v) is 4.10. The zero-order chi connectivity index (χ0) is 11.0. The van der Waals surface area contributed by atoms with Crippen molar-refractivity contribution in [1.82, 2.24) is 5.32 Å². The summed E-state index contributed by atoms with van der Waals surface area (Å²) in [5.74, 6) is 0. The second kappa shape index (κ2) is 4.07. The van der Waals surface area contributed by atoms with E-state index in [1.807, 2.05) is 11.3 Å². The van der Waals surface area contributed by atoms with Crippen molar-refractivity contribution < 1.29 is 0 Å². The van der Waals surface area contributed by atoms with Crippen molar-refractivity contribution in [2.24, 2.45) is 0 Å². The minimum Gasteiger partial charge on any atom is -0.368 e. The quantitative estimate of drug-likeness (QED) is 0.813. The Morgan fingerprint density at radius 3 is 2.88 bits per heavy atom. The predicted octanol–water partition coefficient (Wildman–Crippen LogP) is 2.62. The summed E-state index contributed by atoms with van der Waals surface area (Å²) in [5, 5.41) is 7.11. The number of hydrogen-bond donors (Lipinski definition) is 1. The van der Waals surface area contributed by atoms with Crippen molar-refractivity contribution in [2.45, 2.75) is 6.92 Å². The Labute approximate surface area is 99.9 Å². The van der Waals surface area contributed by atoms with E-state index in [1.54, 1.807) is 0 Å². The van der Waals surface area contributed by atoms with Crippen LogP contribution < -0.4 is 10.2 Å². The Morgan fingerprint density at radius 1 is 1.25 bits per heavy atom. The van der Waals surface area contributed by atoms with Gasteiger partial charge in [0, 0.05) is 41.6 Å². The number of aryl methyl sites for hydroxylation is 1. The largest absolute Gasteiger partial charge is 0.368 e. The van der Waals surface area contributed by atoms with Gasteiger partial charge in [0.2, 0.25) is 0 Å². The van der Waals surface area contributed by atoms with Gasteiger partial charge < -0.3 is 10.2 Å². The molecule has 3 rings (SSSR count). The Balaban J connectivity index is 2.03. The molecule has 0 unspecified atom stereocenters. The molecule has 2 heterocycles. The molecule has 1 fully saturated rings. The molecule has 0 bridgehead atoms. The third-order valence-electron chi connectivity index (χ3n) is 3.17. The van der Waals surface area contributed by atoms with E-state index in [0.717, 1.165) is 26.2 Å². The first-order valence-electron chi connectivity index (χ1n) is 5.78. The first-order chi connectivity index (χ1) is 7.84. The molecular formula is C13H16N2S. The van der Waals surface area contributed by atoms with E-state index in [4.69, 9.17) is 0 Å². The summed E-state index contributed by atoms with van der Waals surface area (Å²) < 4.78 is 1.41. The molecule has 1 aliphatic heterocycles. The number of thiophene rings is 1. The van der Waals surface area contributed by atoms with E-state index in [-0.39, 0.29) is 0 Å². The van der Waals surface area contributed by atoms with Crippen LogP contribution in [0, 0.1) is 6.92 Å². The van der Waals surface area contributed by atoms with Crippen LogP contribution in [0.2, 0.25) is 0 Å². The molecule has 2 aromatic rings. The molecular weight excluding hydrogens is 216 g/mol. The van der Waals surface area contributed by atoms with Crippen LogP contribution in [0.25, 0.3) is 10.1 Å². The molecule has 3 heteroatoms. The van der Waals surface area contributed by atoms with Crippen molar-refractivity contribution in [3.8, 4) is 0 Å². The Morgan fingerprint density at radius 2 is 2.06 bits per heavy atom. The van der Waals surface area contributed by atoms with Crippen LogP contribution in [0.5, 0.6) is 0 Å². The Hall–Kier alpha value is -1.06. The van der Waals surface area contributed by atoms with Gasteiger partial charge in [-0.1, -0.05) is 12.1 Å². The van der Waals surface area contributed by atoms with Gasteiger partial charge >= 0.3 is 0 Å². The average molecular weight is 232 g/mol. The number of rotatable bonds is 1. The van der Waals surface area contributed by atoms with E-state index in [2.05, 4.69) is 40.7 Å². The van der Waals surface area contributed by atoms with Gasteiger partial charge in [-0.05, 0) is 18.6 Å². The molecule has 0 aliphatic carbocycles. The van der Waals surface area contributed by atoms with E-state index in [9.17, 15) is 0 Å². The zero-order valence-corrected chi connectivity index (χ0v) is 10.3. The Kier molecular flexibility index (Phi) is 2.58. The minimum absolute atomic E-state index is 1.10.